The highest BCUT2D eigenvalue weighted by Crippen LogP contribution is 2.36. The molecule has 1 fully saturated rings. The first-order valence-electron chi connectivity index (χ1n) is 12.4. The Labute approximate surface area is 212 Å². The van der Waals surface area contributed by atoms with Crippen LogP contribution in [0.1, 0.15) is 25.3 Å². The molecule has 0 bridgehead atoms. The van der Waals surface area contributed by atoms with E-state index in [0.717, 1.165) is 59.7 Å². The fourth-order valence-electron chi connectivity index (χ4n) is 4.87. The number of piperidine rings is 1. The molecule has 36 heavy (non-hydrogen) atoms. The Kier molecular flexibility index (Phi) is 8.22. The lowest BCUT2D eigenvalue weighted by molar-refractivity contribution is -0.116. The first-order chi connectivity index (χ1) is 17.4. The van der Waals surface area contributed by atoms with Gasteiger partial charge in [-0.05, 0) is 50.2 Å². The third-order valence-corrected chi connectivity index (χ3v) is 6.68. The Balaban J connectivity index is 1.91. The van der Waals surface area contributed by atoms with E-state index < -0.39 is 0 Å². The highest BCUT2D eigenvalue weighted by molar-refractivity contribution is 5.94. The predicted octanol–water partition coefficient (Wildman–Crippen LogP) is 2.81. The van der Waals surface area contributed by atoms with E-state index in [-0.39, 0.29) is 25.1 Å². The molecule has 9 heteroatoms. The number of rotatable bonds is 9. The van der Waals surface area contributed by atoms with E-state index in [9.17, 15) is 9.90 Å². The number of carbonyl (C=O) groups is 1. The van der Waals surface area contributed by atoms with E-state index >= 15 is 0 Å². The van der Waals surface area contributed by atoms with Crippen molar-refractivity contribution in [3.05, 3.63) is 48.0 Å². The lowest BCUT2D eigenvalue weighted by atomic mass is 10.0. The standard InChI is InChI=1S/C27H36N6O3/c1-19(35)32(16-17-34)27-29-23-9-6-5-8-21(23)26(30-27)33(20-12-14-28-15-13-20)18-22-24(31(2)3)10-7-11-25(22)36-4/h5-11,20,28,34H,12-18H2,1-4H3. The van der Waals surface area contributed by atoms with Crippen LogP contribution in [0.4, 0.5) is 17.5 Å². The van der Waals surface area contributed by atoms with Crippen LogP contribution < -0.4 is 24.8 Å². The molecule has 0 spiro atoms. The summed E-state index contributed by atoms with van der Waals surface area (Å²) in [6.45, 7) is 3.87. The molecule has 4 rings (SSSR count). The number of aromatic nitrogens is 2. The van der Waals surface area contributed by atoms with Crippen LogP contribution in [0.2, 0.25) is 0 Å². The van der Waals surface area contributed by atoms with Gasteiger partial charge >= 0.3 is 0 Å². The molecule has 2 aromatic carbocycles. The highest BCUT2D eigenvalue weighted by atomic mass is 16.5. The number of amides is 1. The summed E-state index contributed by atoms with van der Waals surface area (Å²) in [5.41, 5.74) is 2.91. The van der Waals surface area contributed by atoms with Crippen molar-refractivity contribution in [2.24, 2.45) is 0 Å². The molecule has 1 amide bonds. The average molecular weight is 493 g/mol. The molecule has 3 aromatic rings. The number of carbonyl (C=O) groups excluding carboxylic acids is 1. The van der Waals surface area contributed by atoms with Crippen molar-refractivity contribution < 1.29 is 14.6 Å². The minimum Gasteiger partial charge on any atom is -0.496 e. The maximum Gasteiger partial charge on any atom is 0.234 e. The quantitative estimate of drug-likeness (QED) is 0.471. The van der Waals surface area contributed by atoms with Crippen LogP contribution in [0.15, 0.2) is 42.5 Å². The highest BCUT2D eigenvalue weighted by Gasteiger charge is 2.28. The van der Waals surface area contributed by atoms with Gasteiger partial charge in [0, 0.05) is 43.7 Å². The van der Waals surface area contributed by atoms with Crippen molar-refractivity contribution >= 4 is 34.3 Å². The molecule has 2 N–H and O–H groups in total. The van der Waals surface area contributed by atoms with Gasteiger partial charge in [0.15, 0.2) is 0 Å². The third-order valence-electron chi connectivity index (χ3n) is 6.68. The van der Waals surface area contributed by atoms with Crippen molar-refractivity contribution in [2.45, 2.75) is 32.4 Å². The number of anilines is 3. The molecule has 0 radical (unpaired) electrons. The summed E-state index contributed by atoms with van der Waals surface area (Å²) in [7, 11) is 5.76. The summed E-state index contributed by atoms with van der Waals surface area (Å²) >= 11 is 0. The number of methoxy groups -OCH3 is 1. The van der Waals surface area contributed by atoms with Crippen LogP contribution in [0.3, 0.4) is 0 Å². The van der Waals surface area contributed by atoms with Gasteiger partial charge in [-0.25, -0.2) is 4.98 Å². The average Bonchev–Trinajstić information content (AvgIpc) is 2.89. The number of fused-ring (bicyclic) bond motifs is 1. The largest absolute Gasteiger partial charge is 0.496 e. The van der Waals surface area contributed by atoms with E-state index in [1.165, 1.54) is 11.8 Å². The molecule has 1 aliphatic heterocycles. The SMILES string of the molecule is COc1cccc(N(C)C)c1CN(c1nc(N(CCO)C(C)=O)nc2ccccc12)C1CCNCC1. The molecular formula is C27H36N6O3. The lowest BCUT2D eigenvalue weighted by Crippen LogP contribution is -2.44. The second-order valence-electron chi connectivity index (χ2n) is 9.22. The number of benzene rings is 2. The van der Waals surface area contributed by atoms with E-state index in [4.69, 9.17) is 14.7 Å². The van der Waals surface area contributed by atoms with Gasteiger partial charge in [-0.1, -0.05) is 18.2 Å². The summed E-state index contributed by atoms with van der Waals surface area (Å²) in [6.07, 6.45) is 1.93. The molecule has 0 aliphatic carbocycles. The number of aliphatic hydroxyl groups is 1. The van der Waals surface area contributed by atoms with Crippen LogP contribution in [0, 0.1) is 0 Å². The molecule has 0 saturated carbocycles. The Bertz CT molecular complexity index is 1200. The Hall–Kier alpha value is -3.43. The van der Waals surface area contributed by atoms with Gasteiger partial charge in [-0.15, -0.1) is 0 Å². The van der Waals surface area contributed by atoms with E-state index in [0.29, 0.717) is 12.5 Å². The minimum atomic E-state index is -0.210. The normalized spacial score (nSPS) is 14.0. The maximum absolute atomic E-state index is 12.4. The van der Waals surface area contributed by atoms with E-state index in [1.807, 2.05) is 50.5 Å². The number of nitrogens with one attached hydrogen (secondary N) is 1. The van der Waals surface area contributed by atoms with Crippen LogP contribution >= 0.6 is 0 Å². The van der Waals surface area contributed by atoms with Crippen molar-refractivity contribution in [3.8, 4) is 5.75 Å². The number of aliphatic hydroxyl groups excluding tert-OH is 1. The van der Waals surface area contributed by atoms with Crippen LogP contribution in [-0.4, -0.2) is 74.5 Å². The van der Waals surface area contributed by atoms with Crippen molar-refractivity contribution in [3.63, 3.8) is 0 Å². The molecule has 1 saturated heterocycles. The molecule has 192 valence electrons. The molecule has 0 atom stereocenters. The van der Waals surface area contributed by atoms with Gasteiger partial charge in [-0.3, -0.25) is 9.69 Å². The molecule has 2 heterocycles. The van der Waals surface area contributed by atoms with Gasteiger partial charge in [0.1, 0.15) is 11.6 Å². The van der Waals surface area contributed by atoms with Crippen LogP contribution in [0.25, 0.3) is 10.9 Å². The maximum atomic E-state index is 12.4. The minimum absolute atomic E-state index is 0.137. The summed E-state index contributed by atoms with van der Waals surface area (Å²) in [4.78, 5) is 28.0. The number of hydrogen-bond acceptors (Lipinski definition) is 8. The van der Waals surface area contributed by atoms with Crippen molar-refractivity contribution in [2.75, 3.05) is 62.1 Å². The molecule has 1 aromatic heterocycles. The third kappa shape index (κ3) is 5.37. The van der Waals surface area contributed by atoms with E-state index in [1.54, 1.807) is 7.11 Å². The second-order valence-corrected chi connectivity index (χ2v) is 9.22. The first kappa shape index (κ1) is 25.7. The summed E-state index contributed by atoms with van der Waals surface area (Å²) in [5, 5.41) is 14.0. The zero-order valence-corrected chi connectivity index (χ0v) is 21.6. The molecule has 9 nitrogen and oxygen atoms in total. The zero-order valence-electron chi connectivity index (χ0n) is 21.6. The van der Waals surface area contributed by atoms with Gasteiger partial charge in [0.05, 0.1) is 32.3 Å². The summed E-state index contributed by atoms with van der Waals surface area (Å²) in [5.74, 6) is 1.70. The van der Waals surface area contributed by atoms with Gasteiger partial charge in [0.25, 0.3) is 0 Å². The summed E-state index contributed by atoms with van der Waals surface area (Å²) < 4.78 is 5.79. The van der Waals surface area contributed by atoms with Crippen molar-refractivity contribution in [1.29, 1.82) is 0 Å². The number of nitrogens with zero attached hydrogens (tertiary/aromatic N) is 5. The first-order valence-corrected chi connectivity index (χ1v) is 12.4. The van der Waals surface area contributed by atoms with Crippen LogP contribution in [0.5, 0.6) is 5.75 Å². The molecule has 0 unspecified atom stereocenters. The lowest BCUT2D eigenvalue weighted by Gasteiger charge is -2.37. The number of ether oxygens (including phenoxy) is 1. The van der Waals surface area contributed by atoms with Gasteiger partial charge in [0.2, 0.25) is 11.9 Å². The van der Waals surface area contributed by atoms with Gasteiger partial charge < -0.3 is 25.0 Å². The predicted molar refractivity (Wildman–Crippen MR) is 144 cm³/mol. The zero-order chi connectivity index (χ0) is 25.7. The summed E-state index contributed by atoms with van der Waals surface area (Å²) in [6, 6.07) is 14.2. The van der Waals surface area contributed by atoms with Crippen molar-refractivity contribution in [1.82, 2.24) is 15.3 Å². The smallest absolute Gasteiger partial charge is 0.234 e. The van der Waals surface area contributed by atoms with Gasteiger partial charge in [-0.2, -0.15) is 4.98 Å². The second kappa shape index (κ2) is 11.5. The fourth-order valence-corrected chi connectivity index (χ4v) is 4.87. The Morgan fingerprint density at radius 1 is 1.11 bits per heavy atom. The monoisotopic (exact) mass is 492 g/mol. The topological polar surface area (TPSA) is 94.1 Å². The molecule has 1 aliphatic rings. The number of hydrogen-bond donors (Lipinski definition) is 2. The Morgan fingerprint density at radius 3 is 2.53 bits per heavy atom. The Morgan fingerprint density at radius 2 is 1.86 bits per heavy atom. The number of para-hydroxylation sites is 1. The van der Waals surface area contributed by atoms with E-state index in [2.05, 4.69) is 21.2 Å². The molecular weight excluding hydrogens is 456 g/mol. The fraction of sp³-hybridized carbons (Fsp3) is 0.444. The van der Waals surface area contributed by atoms with Crippen LogP contribution in [-0.2, 0) is 11.3 Å².